The minimum atomic E-state index is -3.88. The number of anilines is 3. The summed E-state index contributed by atoms with van der Waals surface area (Å²) >= 11 is 1.98. The highest BCUT2D eigenvalue weighted by Crippen LogP contribution is 2.36. The molecule has 0 aliphatic carbocycles. The maximum atomic E-state index is 14.8. The van der Waals surface area contributed by atoms with Crippen LogP contribution in [0.5, 0.6) is 11.5 Å². The average Bonchev–Trinajstić information content (AvgIpc) is 2.83. The fourth-order valence-corrected chi connectivity index (χ4v) is 4.55. The van der Waals surface area contributed by atoms with Crippen LogP contribution < -0.4 is 30.4 Å². The van der Waals surface area contributed by atoms with Gasteiger partial charge < -0.3 is 15.4 Å². The third kappa shape index (κ3) is 7.05. The number of carbonyl (C=O) groups excluding carboxylic acids is 1. The second kappa shape index (κ2) is 11.5. The molecule has 14 heteroatoms. The lowest BCUT2D eigenvalue weighted by Gasteiger charge is -2.25. The van der Waals surface area contributed by atoms with Gasteiger partial charge in [0.15, 0.2) is 5.75 Å². The molecule has 1 aromatic carbocycles. The summed E-state index contributed by atoms with van der Waals surface area (Å²) in [4.78, 5) is 31.0. The van der Waals surface area contributed by atoms with Gasteiger partial charge >= 0.3 is 0 Å². The zero-order valence-electron chi connectivity index (χ0n) is 22.5. The van der Waals surface area contributed by atoms with Crippen LogP contribution in [0.15, 0.2) is 35.3 Å². The van der Waals surface area contributed by atoms with Crippen LogP contribution in [-0.2, 0) is 17.3 Å². The molecule has 0 aliphatic heterocycles. The molecule has 0 saturated carbocycles. The standard InChI is InChI=1S/C25H30FIN6O5S/c1-13-18(10-11-29-21(13)32-39(36,37)28-6)38-20-14(2)24(35)33(7)22(19(20)23(34)31-25(3,4)5)30-17-9-8-15(27)12-16(17)26/h8-12,28,30H,1-7H3,(H,29,32)(H,31,34). The van der Waals surface area contributed by atoms with Crippen LogP contribution in [0.4, 0.5) is 21.7 Å². The van der Waals surface area contributed by atoms with E-state index in [1.54, 1.807) is 33.8 Å². The molecule has 0 fully saturated rings. The fourth-order valence-electron chi connectivity index (χ4n) is 3.54. The van der Waals surface area contributed by atoms with Crippen LogP contribution in [0.1, 0.15) is 42.3 Å². The predicted molar refractivity (Wildman–Crippen MR) is 157 cm³/mol. The molecular weight excluding hydrogens is 642 g/mol. The Labute approximate surface area is 239 Å². The molecule has 0 radical (unpaired) electrons. The van der Waals surface area contributed by atoms with Crippen LogP contribution in [0.3, 0.4) is 0 Å². The van der Waals surface area contributed by atoms with Crippen molar-refractivity contribution in [3.63, 3.8) is 0 Å². The van der Waals surface area contributed by atoms with Gasteiger partial charge in [-0.3, -0.25) is 18.9 Å². The van der Waals surface area contributed by atoms with Crippen molar-refractivity contribution in [1.82, 2.24) is 19.6 Å². The van der Waals surface area contributed by atoms with Crippen LogP contribution in [0.25, 0.3) is 0 Å². The lowest BCUT2D eigenvalue weighted by molar-refractivity contribution is 0.0917. The Morgan fingerprint density at radius 2 is 1.82 bits per heavy atom. The zero-order chi connectivity index (χ0) is 29.3. The minimum absolute atomic E-state index is 0.00489. The number of pyridine rings is 2. The molecule has 1 amide bonds. The van der Waals surface area contributed by atoms with Crippen molar-refractivity contribution in [2.24, 2.45) is 7.05 Å². The Hall–Kier alpha value is -3.24. The number of amides is 1. The highest BCUT2D eigenvalue weighted by atomic mass is 127. The molecule has 3 aromatic rings. The molecule has 0 saturated heterocycles. The van der Waals surface area contributed by atoms with Gasteiger partial charge in [-0.15, -0.1) is 0 Å². The van der Waals surface area contributed by atoms with Gasteiger partial charge in [0.2, 0.25) is 0 Å². The molecule has 11 nitrogen and oxygen atoms in total. The first-order chi connectivity index (χ1) is 18.0. The van der Waals surface area contributed by atoms with E-state index in [0.717, 1.165) is 0 Å². The molecule has 0 aliphatic rings. The molecule has 0 spiro atoms. The van der Waals surface area contributed by atoms with Crippen LogP contribution in [-0.4, -0.2) is 36.5 Å². The van der Waals surface area contributed by atoms with Crippen LogP contribution >= 0.6 is 22.6 Å². The third-order valence-corrected chi connectivity index (χ3v) is 7.20. The molecule has 0 unspecified atom stereocenters. The Bertz CT molecular complexity index is 1600. The van der Waals surface area contributed by atoms with E-state index in [-0.39, 0.29) is 39.9 Å². The van der Waals surface area contributed by atoms with Gasteiger partial charge in [-0.05, 0) is 81.5 Å². The van der Waals surface area contributed by atoms with E-state index in [4.69, 9.17) is 4.74 Å². The second-order valence-corrected chi connectivity index (χ2v) is 12.6. The summed E-state index contributed by atoms with van der Waals surface area (Å²) in [6.45, 7) is 8.45. The number of carbonyl (C=O) groups is 1. The normalized spacial score (nSPS) is 11.7. The minimum Gasteiger partial charge on any atom is -0.455 e. The van der Waals surface area contributed by atoms with E-state index in [2.05, 4.69) is 25.1 Å². The molecule has 2 aromatic heterocycles. The first kappa shape index (κ1) is 30.3. The van der Waals surface area contributed by atoms with E-state index < -0.39 is 33.0 Å². The van der Waals surface area contributed by atoms with E-state index in [1.807, 2.05) is 22.6 Å². The Morgan fingerprint density at radius 3 is 2.41 bits per heavy atom. The summed E-state index contributed by atoms with van der Waals surface area (Å²) in [5, 5.41) is 5.76. The van der Waals surface area contributed by atoms with Crippen molar-refractivity contribution in [1.29, 1.82) is 0 Å². The third-order valence-electron chi connectivity index (χ3n) is 5.53. The van der Waals surface area contributed by atoms with Crippen molar-refractivity contribution >= 4 is 56.0 Å². The van der Waals surface area contributed by atoms with Crippen molar-refractivity contribution in [3.05, 3.63) is 66.9 Å². The summed E-state index contributed by atoms with van der Waals surface area (Å²) < 4.78 is 51.3. The zero-order valence-corrected chi connectivity index (χ0v) is 25.5. The maximum Gasteiger partial charge on any atom is 0.300 e. The number of benzene rings is 1. The van der Waals surface area contributed by atoms with Gasteiger partial charge in [0.1, 0.15) is 28.8 Å². The molecule has 210 valence electrons. The van der Waals surface area contributed by atoms with E-state index in [1.165, 1.54) is 50.0 Å². The second-order valence-electron chi connectivity index (χ2n) is 9.69. The summed E-state index contributed by atoms with van der Waals surface area (Å²) in [5.41, 5.74) is -0.734. The van der Waals surface area contributed by atoms with E-state index >= 15 is 0 Å². The Kier molecular flexibility index (Phi) is 8.92. The fraction of sp³-hybridized carbons (Fsp3) is 0.320. The SMILES string of the molecule is CNS(=O)(=O)Nc1nccc(Oc2c(C(=O)NC(C)(C)C)c(Nc3ccc(I)cc3F)n(C)c(=O)c2C)c1C. The summed E-state index contributed by atoms with van der Waals surface area (Å²) in [7, 11) is -1.17. The quantitative estimate of drug-likeness (QED) is 0.264. The number of nitrogens with zero attached hydrogens (tertiary/aromatic N) is 2. The van der Waals surface area contributed by atoms with E-state index in [0.29, 0.717) is 9.13 Å². The number of nitrogens with one attached hydrogen (secondary N) is 4. The van der Waals surface area contributed by atoms with Crippen molar-refractivity contribution in [3.8, 4) is 11.5 Å². The number of hydrogen-bond donors (Lipinski definition) is 4. The summed E-state index contributed by atoms with van der Waals surface area (Å²) in [5.74, 6) is -1.09. The van der Waals surface area contributed by atoms with Gasteiger partial charge in [0.25, 0.3) is 21.7 Å². The number of halogens is 2. The van der Waals surface area contributed by atoms with Gasteiger partial charge in [0.05, 0.1) is 11.3 Å². The number of ether oxygens (including phenoxy) is 1. The van der Waals surface area contributed by atoms with E-state index in [9.17, 15) is 22.4 Å². The molecular formula is C25H30FIN6O5S. The monoisotopic (exact) mass is 672 g/mol. The Morgan fingerprint density at radius 1 is 1.15 bits per heavy atom. The van der Waals surface area contributed by atoms with Crippen molar-refractivity contribution in [2.75, 3.05) is 17.1 Å². The lowest BCUT2D eigenvalue weighted by atomic mass is 10.1. The van der Waals surface area contributed by atoms with Gasteiger partial charge in [0, 0.05) is 35.0 Å². The highest BCUT2D eigenvalue weighted by Gasteiger charge is 2.29. The smallest absolute Gasteiger partial charge is 0.300 e. The first-order valence-corrected chi connectivity index (χ1v) is 14.2. The molecule has 3 rings (SSSR count). The van der Waals surface area contributed by atoms with Gasteiger partial charge in [-0.25, -0.2) is 14.1 Å². The predicted octanol–water partition coefficient (Wildman–Crippen LogP) is 4.08. The largest absolute Gasteiger partial charge is 0.455 e. The van der Waals surface area contributed by atoms with Gasteiger partial charge in [-0.2, -0.15) is 8.42 Å². The molecule has 0 atom stereocenters. The van der Waals surface area contributed by atoms with Crippen LogP contribution in [0, 0.1) is 23.2 Å². The number of hydrogen-bond acceptors (Lipinski definition) is 7. The van der Waals surface area contributed by atoms with Crippen LogP contribution in [0.2, 0.25) is 0 Å². The highest BCUT2D eigenvalue weighted by molar-refractivity contribution is 14.1. The Balaban J connectivity index is 2.26. The lowest BCUT2D eigenvalue weighted by Crippen LogP contribution is -2.42. The topological polar surface area (TPSA) is 143 Å². The molecule has 4 N–H and O–H groups in total. The average molecular weight is 673 g/mol. The first-order valence-electron chi connectivity index (χ1n) is 11.7. The van der Waals surface area contributed by atoms with Crippen molar-refractivity contribution < 1.29 is 22.3 Å². The summed E-state index contributed by atoms with van der Waals surface area (Å²) in [6.07, 6.45) is 1.32. The molecule has 39 heavy (non-hydrogen) atoms. The number of aromatic nitrogens is 2. The maximum absolute atomic E-state index is 14.8. The van der Waals surface area contributed by atoms with Crippen molar-refractivity contribution in [2.45, 2.75) is 40.2 Å². The van der Waals surface area contributed by atoms with Gasteiger partial charge in [-0.1, -0.05) is 0 Å². The summed E-state index contributed by atoms with van der Waals surface area (Å²) in [6, 6.07) is 5.97. The molecule has 0 bridgehead atoms. The molecule has 2 heterocycles. The number of rotatable bonds is 8.